The van der Waals surface area contributed by atoms with Gasteiger partial charge in [-0.3, -0.25) is 9.78 Å². The van der Waals surface area contributed by atoms with E-state index < -0.39 is 0 Å². The maximum absolute atomic E-state index is 12.1. The van der Waals surface area contributed by atoms with Gasteiger partial charge in [-0.25, -0.2) is 0 Å². The van der Waals surface area contributed by atoms with Crippen LogP contribution >= 0.6 is 0 Å². The first-order valence-electron chi connectivity index (χ1n) is 7.87. The SMILES string of the molecule is O=C(Nc1cccc(OCOC2CCCC2)c1)c1ccncc1. The summed E-state index contributed by atoms with van der Waals surface area (Å²) in [5.74, 6) is 0.502. The van der Waals surface area contributed by atoms with Gasteiger partial charge < -0.3 is 14.8 Å². The van der Waals surface area contributed by atoms with Crippen molar-refractivity contribution in [2.24, 2.45) is 0 Å². The third-order valence-corrected chi connectivity index (χ3v) is 3.87. The summed E-state index contributed by atoms with van der Waals surface area (Å²) in [5.41, 5.74) is 1.25. The van der Waals surface area contributed by atoms with Crippen LogP contribution < -0.4 is 10.1 Å². The molecule has 5 heteroatoms. The number of carbonyl (C=O) groups is 1. The number of nitrogens with one attached hydrogen (secondary N) is 1. The number of ether oxygens (including phenoxy) is 2. The zero-order chi connectivity index (χ0) is 15.9. The van der Waals surface area contributed by atoms with Crippen LogP contribution in [0.2, 0.25) is 0 Å². The summed E-state index contributed by atoms with van der Waals surface area (Å²) < 4.78 is 11.3. The Morgan fingerprint density at radius 1 is 1.17 bits per heavy atom. The van der Waals surface area contributed by atoms with Gasteiger partial charge in [-0.1, -0.05) is 18.9 Å². The number of nitrogens with zero attached hydrogens (tertiary/aromatic N) is 1. The van der Waals surface area contributed by atoms with Crippen molar-refractivity contribution in [3.05, 3.63) is 54.4 Å². The van der Waals surface area contributed by atoms with E-state index in [9.17, 15) is 4.79 Å². The first-order valence-corrected chi connectivity index (χ1v) is 7.87. The van der Waals surface area contributed by atoms with Gasteiger partial charge >= 0.3 is 0 Å². The van der Waals surface area contributed by atoms with Crippen molar-refractivity contribution < 1.29 is 14.3 Å². The minimum Gasteiger partial charge on any atom is -0.467 e. The van der Waals surface area contributed by atoms with Gasteiger partial charge in [-0.05, 0) is 37.1 Å². The summed E-state index contributed by atoms with van der Waals surface area (Å²) in [6.07, 6.45) is 8.22. The lowest BCUT2D eigenvalue weighted by Crippen LogP contribution is -2.13. The molecule has 23 heavy (non-hydrogen) atoms. The largest absolute Gasteiger partial charge is 0.467 e. The van der Waals surface area contributed by atoms with Crippen LogP contribution in [0.25, 0.3) is 0 Å². The molecule has 0 aliphatic heterocycles. The van der Waals surface area contributed by atoms with Crippen molar-refractivity contribution in [1.29, 1.82) is 0 Å². The van der Waals surface area contributed by atoms with Crippen LogP contribution in [0.15, 0.2) is 48.8 Å². The molecule has 1 aromatic carbocycles. The predicted octanol–water partition coefficient (Wildman–Crippen LogP) is 3.63. The topological polar surface area (TPSA) is 60.5 Å². The van der Waals surface area contributed by atoms with Gasteiger partial charge in [0.2, 0.25) is 0 Å². The van der Waals surface area contributed by atoms with Crippen LogP contribution in [0.4, 0.5) is 5.69 Å². The van der Waals surface area contributed by atoms with Crippen molar-refractivity contribution >= 4 is 11.6 Å². The summed E-state index contributed by atoms with van der Waals surface area (Å²) in [5, 5.41) is 2.84. The molecule has 1 aliphatic rings. The number of rotatable bonds is 6. The summed E-state index contributed by atoms with van der Waals surface area (Å²) in [7, 11) is 0. The van der Waals surface area contributed by atoms with E-state index in [0.29, 0.717) is 23.1 Å². The zero-order valence-corrected chi connectivity index (χ0v) is 12.9. The van der Waals surface area contributed by atoms with Crippen LogP contribution in [0.1, 0.15) is 36.0 Å². The molecule has 0 bridgehead atoms. The Kier molecular flexibility index (Phi) is 5.21. The molecule has 0 atom stereocenters. The lowest BCUT2D eigenvalue weighted by molar-refractivity contribution is -0.0324. The third-order valence-electron chi connectivity index (χ3n) is 3.87. The maximum atomic E-state index is 12.1. The minimum atomic E-state index is -0.174. The molecule has 2 aromatic rings. The molecule has 0 saturated heterocycles. The number of carbonyl (C=O) groups excluding carboxylic acids is 1. The van der Waals surface area contributed by atoms with E-state index in [1.54, 1.807) is 30.6 Å². The Morgan fingerprint density at radius 2 is 1.96 bits per heavy atom. The molecule has 1 aromatic heterocycles. The average Bonchev–Trinajstić information content (AvgIpc) is 3.09. The Morgan fingerprint density at radius 3 is 2.74 bits per heavy atom. The quantitative estimate of drug-likeness (QED) is 0.827. The van der Waals surface area contributed by atoms with Gasteiger partial charge in [-0.15, -0.1) is 0 Å². The van der Waals surface area contributed by atoms with E-state index in [0.717, 1.165) is 12.8 Å². The molecular weight excluding hydrogens is 292 g/mol. The fraction of sp³-hybridized carbons (Fsp3) is 0.333. The maximum Gasteiger partial charge on any atom is 0.255 e. The fourth-order valence-electron chi connectivity index (χ4n) is 2.62. The molecule has 0 radical (unpaired) electrons. The van der Waals surface area contributed by atoms with Crippen LogP contribution in [-0.2, 0) is 4.74 Å². The van der Waals surface area contributed by atoms with Crippen LogP contribution in [0.3, 0.4) is 0 Å². The molecule has 1 N–H and O–H groups in total. The molecule has 1 heterocycles. The second-order valence-electron chi connectivity index (χ2n) is 5.55. The van der Waals surface area contributed by atoms with Gasteiger partial charge in [0.05, 0.1) is 6.10 Å². The summed E-state index contributed by atoms with van der Waals surface area (Å²) in [6, 6.07) is 10.6. The highest BCUT2D eigenvalue weighted by Gasteiger charge is 2.15. The highest BCUT2D eigenvalue weighted by molar-refractivity contribution is 6.04. The van der Waals surface area contributed by atoms with E-state index in [-0.39, 0.29) is 12.7 Å². The van der Waals surface area contributed by atoms with Crippen LogP contribution in [0.5, 0.6) is 5.75 Å². The number of pyridine rings is 1. The van der Waals surface area contributed by atoms with E-state index >= 15 is 0 Å². The monoisotopic (exact) mass is 312 g/mol. The molecule has 5 nitrogen and oxygen atoms in total. The molecule has 1 saturated carbocycles. The summed E-state index contributed by atoms with van der Waals surface area (Å²) >= 11 is 0. The molecule has 3 rings (SSSR count). The van der Waals surface area contributed by atoms with E-state index in [2.05, 4.69) is 10.3 Å². The van der Waals surface area contributed by atoms with Gasteiger partial charge in [0, 0.05) is 29.7 Å². The van der Waals surface area contributed by atoms with Crippen molar-refractivity contribution in [2.45, 2.75) is 31.8 Å². The molecule has 0 spiro atoms. The smallest absolute Gasteiger partial charge is 0.255 e. The molecule has 1 amide bonds. The number of anilines is 1. The molecule has 0 unspecified atom stereocenters. The number of aromatic nitrogens is 1. The van der Waals surface area contributed by atoms with Crippen molar-refractivity contribution in [3.63, 3.8) is 0 Å². The molecular formula is C18H20N2O3. The molecule has 120 valence electrons. The fourth-order valence-corrected chi connectivity index (χ4v) is 2.62. The Hall–Kier alpha value is -2.40. The van der Waals surface area contributed by atoms with Gasteiger partial charge in [0.1, 0.15) is 5.75 Å². The normalized spacial score (nSPS) is 14.6. The van der Waals surface area contributed by atoms with Gasteiger partial charge in [0.15, 0.2) is 6.79 Å². The second-order valence-corrected chi connectivity index (χ2v) is 5.55. The summed E-state index contributed by atoms with van der Waals surface area (Å²) in [6.45, 7) is 0.242. The lowest BCUT2D eigenvalue weighted by atomic mass is 10.2. The molecule has 1 fully saturated rings. The van der Waals surface area contributed by atoms with Gasteiger partial charge in [-0.2, -0.15) is 0 Å². The minimum absolute atomic E-state index is 0.174. The third kappa shape index (κ3) is 4.53. The van der Waals surface area contributed by atoms with Crippen molar-refractivity contribution in [2.75, 3.05) is 12.1 Å². The highest BCUT2D eigenvalue weighted by Crippen LogP contribution is 2.22. The summed E-state index contributed by atoms with van der Waals surface area (Å²) in [4.78, 5) is 16.0. The van der Waals surface area contributed by atoms with E-state index in [1.807, 2.05) is 18.2 Å². The Bertz CT molecular complexity index is 640. The van der Waals surface area contributed by atoms with Crippen molar-refractivity contribution in [1.82, 2.24) is 4.98 Å². The van der Waals surface area contributed by atoms with Crippen LogP contribution in [-0.4, -0.2) is 23.8 Å². The first kappa shape index (κ1) is 15.5. The molecule has 1 aliphatic carbocycles. The Balaban J connectivity index is 1.53. The number of amides is 1. The Labute approximate surface area is 135 Å². The highest BCUT2D eigenvalue weighted by atomic mass is 16.7. The number of hydrogen-bond donors (Lipinski definition) is 1. The number of benzene rings is 1. The van der Waals surface area contributed by atoms with E-state index in [1.165, 1.54) is 12.8 Å². The zero-order valence-electron chi connectivity index (χ0n) is 12.9. The average molecular weight is 312 g/mol. The van der Waals surface area contributed by atoms with Crippen molar-refractivity contribution in [3.8, 4) is 5.75 Å². The second kappa shape index (κ2) is 7.74. The van der Waals surface area contributed by atoms with E-state index in [4.69, 9.17) is 9.47 Å². The standard InChI is InChI=1S/C18H20N2O3/c21-18(14-8-10-19-11-9-14)20-15-4-3-7-17(12-15)23-13-22-16-5-1-2-6-16/h3-4,7-12,16H,1-2,5-6,13H2,(H,20,21). The number of hydrogen-bond acceptors (Lipinski definition) is 4. The van der Waals surface area contributed by atoms with Crippen LogP contribution in [0, 0.1) is 0 Å². The first-order chi connectivity index (χ1) is 11.3. The van der Waals surface area contributed by atoms with Gasteiger partial charge in [0.25, 0.3) is 5.91 Å². The lowest BCUT2D eigenvalue weighted by Gasteiger charge is -2.13. The predicted molar refractivity (Wildman–Crippen MR) is 87.5 cm³/mol.